The number of carbonyl (C=O) groups excluding carboxylic acids is 1. The van der Waals surface area contributed by atoms with E-state index in [0.717, 1.165) is 48.8 Å². The number of hydrogen-bond acceptors (Lipinski definition) is 6. The predicted molar refractivity (Wildman–Crippen MR) is 138 cm³/mol. The van der Waals surface area contributed by atoms with E-state index in [2.05, 4.69) is 15.6 Å². The average Bonchev–Trinajstić information content (AvgIpc) is 2.82. The van der Waals surface area contributed by atoms with Crippen LogP contribution in [-0.4, -0.2) is 53.6 Å². The lowest BCUT2D eigenvalue weighted by Crippen LogP contribution is -2.42. The van der Waals surface area contributed by atoms with Crippen LogP contribution in [-0.2, 0) is 11.2 Å². The number of unbranched alkanes of at least 4 members (excludes halogenated alkanes) is 1. The minimum atomic E-state index is -1.15. The van der Waals surface area contributed by atoms with Gasteiger partial charge in [0.15, 0.2) is 5.17 Å². The summed E-state index contributed by atoms with van der Waals surface area (Å²) < 4.78 is 5.78. The Morgan fingerprint density at radius 3 is 2.50 bits per heavy atom. The fourth-order valence-electron chi connectivity index (χ4n) is 3.28. The molecule has 1 atom stereocenters. The lowest BCUT2D eigenvalue weighted by Gasteiger charge is -2.16. The smallest absolute Gasteiger partial charge is 0.326 e. The van der Waals surface area contributed by atoms with E-state index in [4.69, 9.17) is 27.9 Å². The molecule has 1 aliphatic rings. The Morgan fingerprint density at radius 1 is 1.12 bits per heavy atom. The van der Waals surface area contributed by atoms with Crippen LogP contribution in [0.5, 0.6) is 5.75 Å². The number of aliphatic carboxylic acids is 1. The number of carbonyl (C=O) groups is 2. The Kier molecular flexibility index (Phi) is 10.4. The van der Waals surface area contributed by atoms with Gasteiger partial charge >= 0.3 is 5.97 Å². The maximum Gasteiger partial charge on any atom is 0.326 e. The maximum atomic E-state index is 12.6. The van der Waals surface area contributed by atoms with Crippen LogP contribution in [0.1, 0.15) is 35.2 Å². The average molecular weight is 524 g/mol. The molecule has 10 heteroatoms. The SMILES string of the molecule is O=C(N[C@H](Cc1ccc(OCCCCNC2=NCCCS2)cc1)C(=O)O)c1c(Cl)cccc1Cl. The number of amides is 1. The molecule has 0 fully saturated rings. The quantitative estimate of drug-likeness (QED) is 0.370. The molecule has 0 radical (unpaired) electrons. The van der Waals surface area contributed by atoms with Gasteiger partial charge in [-0.3, -0.25) is 9.79 Å². The van der Waals surface area contributed by atoms with E-state index in [1.54, 1.807) is 42.1 Å². The number of thioether (sulfide) groups is 1. The van der Waals surface area contributed by atoms with Gasteiger partial charge < -0.3 is 20.5 Å². The summed E-state index contributed by atoms with van der Waals surface area (Å²) in [6.45, 7) is 2.37. The Morgan fingerprint density at radius 2 is 1.85 bits per heavy atom. The molecule has 0 spiro atoms. The van der Waals surface area contributed by atoms with E-state index in [9.17, 15) is 14.7 Å². The number of ether oxygens (including phenoxy) is 1. The largest absolute Gasteiger partial charge is 0.494 e. The normalized spacial score (nSPS) is 14.1. The molecule has 182 valence electrons. The lowest BCUT2D eigenvalue weighted by molar-refractivity contribution is -0.139. The summed E-state index contributed by atoms with van der Waals surface area (Å²) in [5.41, 5.74) is 0.807. The van der Waals surface area contributed by atoms with Gasteiger partial charge in [0.25, 0.3) is 5.91 Å². The Bertz CT molecular complexity index is 998. The van der Waals surface area contributed by atoms with Crippen molar-refractivity contribution >= 4 is 52.0 Å². The summed E-state index contributed by atoms with van der Waals surface area (Å²) in [5, 5.41) is 16.8. The monoisotopic (exact) mass is 523 g/mol. The van der Waals surface area contributed by atoms with Gasteiger partial charge in [0.05, 0.1) is 22.2 Å². The second-order valence-corrected chi connectivity index (χ2v) is 9.58. The summed E-state index contributed by atoms with van der Waals surface area (Å²) >= 11 is 13.9. The highest BCUT2D eigenvalue weighted by atomic mass is 35.5. The molecule has 0 aromatic heterocycles. The van der Waals surface area contributed by atoms with E-state index in [-0.39, 0.29) is 22.0 Å². The number of rotatable bonds is 11. The highest BCUT2D eigenvalue weighted by molar-refractivity contribution is 8.13. The van der Waals surface area contributed by atoms with E-state index in [1.165, 1.54) is 12.1 Å². The van der Waals surface area contributed by atoms with Crippen molar-refractivity contribution in [2.24, 2.45) is 4.99 Å². The van der Waals surface area contributed by atoms with E-state index < -0.39 is 17.9 Å². The molecule has 0 saturated carbocycles. The van der Waals surface area contributed by atoms with Gasteiger partial charge in [-0.25, -0.2) is 4.79 Å². The Labute approximate surface area is 213 Å². The molecule has 0 bridgehead atoms. The van der Waals surface area contributed by atoms with Crippen LogP contribution in [0.4, 0.5) is 0 Å². The molecule has 2 aromatic carbocycles. The molecule has 3 rings (SSSR count). The van der Waals surface area contributed by atoms with E-state index >= 15 is 0 Å². The third kappa shape index (κ3) is 8.11. The zero-order chi connectivity index (χ0) is 24.3. The number of hydrogen-bond donors (Lipinski definition) is 3. The third-order valence-corrected chi connectivity index (χ3v) is 6.74. The first kappa shape index (κ1) is 26.2. The summed E-state index contributed by atoms with van der Waals surface area (Å²) in [6.07, 6.45) is 3.14. The number of halogens is 2. The Balaban J connectivity index is 1.44. The number of aliphatic imine (C=N–C) groups is 1. The number of carboxylic acid groups (broad SMARTS) is 1. The van der Waals surface area contributed by atoms with E-state index in [0.29, 0.717) is 12.4 Å². The van der Waals surface area contributed by atoms with E-state index in [1.807, 2.05) is 0 Å². The number of carboxylic acids is 1. The van der Waals surface area contributed by atoms with Crippen LogP contribution in [0, 0.1) is 0 Å². The van der Waals surface area contributed by atoms with Gasteiger partial charge in [0.2, 0.25) is 0 Å². The van der Waals surface area contributed by atoms with Crippen LogP contribution in [0.25, 0.3) is 0 Å². The second-order valence-electron chi connectivity index (χ2n) is 7.68. The molecule has 0 unspecified atom stereocenters. The van der Waals surface area contributed by atoms with Gasteiger partial charge in [-0.1, -0.05) is 53.2 Å². The summed E-state index contributed by atoms with van der Waals surface area (Å²) in [7, 11) is 0. The van der Waals surface area contributed by atoms with Crippen molar-refractivity contribution in [3.8, 4) is 5.75 Å². The van der Waals surface area contributed by atoms with Crippen LogP contribution in [0.15, 0.2) is 47.5 Å². The van der Waals surface area contributed by atoms with Crippen molar-refractivity contribution in [3.63, 3.8) is 0 Å². The predicted octanol–water partition coefficient (Wildman–Crippen LogP) is 4.66. The fourth-order valence-corrected chi connectivity index (χ4v) is 4.70. The lowest BCUT2D eigenvalue weighted by atomic mass is 10.1. The molecular formula is C24H27Cl2N3O4S. The van der Waals surface area contributed by atoms with Gasteiger partial charge in [0.1, 0.15) is 11.8 Å². The summed E-state index contributed by atoms with van der Waals surface area (Å²) in [6, 6.07) is 10.7. The number of nitrogens with zero attached hydrogens (tertiary/aromatic N) is 1. The van der Waals surface area contributed by atoms with Crippen LogP contribution in [0.2, 0.25) is 10.0 Å². The molecule has 3 N–H and O–H groups in total. The molecule has 0 aliphatic carbocycles. The van der Waals surface area contributed by atoms with Crippen molar-refractivity contribution in [2.45, 2.75) is 31.7 Å². The second kappa shape index (κ2) is 13.5. The minimum Gasteiger partial charge on any atom is -0.494 e. The van der Waals surface area contributed by atoms with Gasteiger partial charge in [-0.05, 0) is 49.1 Å². The topological polar surface area (TPSA) is 100 Å². The third-order valence-electron chi connectivity index (χ3n) is 5.07. The van der Waals surface area contributed by atoms with Gasteiger partial charge in [-0.15, -0.1) is 0 Å². The van der Waals surface area contributed by atoms with Crippen molar-refractivity contribution in [2.75, 3.05) is 25.4 Å². The highest BCUT2D eigenvalue weighted by Gasteiger charge is 2.23. The van der Waals surface area contributed by atoms with Crippen LogP contribution < -0.4 is 15.4 Å². The fraction of sp³-hybridized carbons (Fsp3) is 0.375. The summed E-state index contributed by atoms with van der Waals surface area (Å²) in [4.78, 5) is 28.7. The molecule has 34 heavy (non-hydrogen) atoms. The number of benzene rings is 2. The first-order valence-corrected chi connectivity index (χ1v) is 12.8. The number of amidine groups is 1. The number of nitrogens with one attached hydrogen (secondary N) is 2. The highest BCUT2D eigenvalue weighted by Crippen LogP contribution is 2.24. The molecule has 7 nitrogen and oxygen atoms in total. The standard InChI is InChI=1S/C24H27Cl2N3O4S/c25-18-5-3-6-19(26)21(18)22(30)29-20(23(31)32)15-16-7-9-17(10-8-16)33-13-2-1-11-27-24-28-12-4-14-34-24/h3,5-10,20H,1-2,4,11-15H2,(H,27,28)(H,29,30)(H,31,32)/t20-/m1/s1. The molecular weight excluding hydrogens is 497 g/mol. The van der Waals surface area contributed by atoms with Crippen molar-refractivity contribution in [1.82, 2.24) is 10.6 Å². The van der Waals surface area contributed by atoms with Crippen molar-refractivity contribution in [3.05, 3.63) is 63.6 Å². The molecule has 1 heterocycles. The maximum absolute atomic E-state index is 12.6. The zero-order valence-corrected chi connectivity index (χ0v) is 20.9. The minimum absolute atomic E-state index is 0.0570. The first-order chi connectivity index (χ1) is 16.4. The van der Waals surface area contributed by atoms with Crippen LogP contribution in [0.3, 0.4) is 0 Å². The van der Waals surface area contributed by atoms with Crippen LogP contribution >= 0.6 is 35.0 Å². The first-order valence-electron chi connectivity index (χ1n) is 11.0. The zero-order valence-electron chi connectivity index (χ0n) is 18.6. The molecule has 2 aromatic rings. The van der Waals surface area contributed by atoms with Gasteiger partial charge in [0, 0.05) is 25.3 Å². The molecule has 0 saturated heterocycles. The molecule has 1 amide bonds. The van der Waals surface area contributed by atoms with Crippen molar-refractivity contribution < 1.29 is 19.4 Å². The Hall–Kier alpha value is -2.42. The molecule has 1 aliphatic heterocycles. The van der Waals surface area contributed by atoms with Gasteiger partial charge in [-0.2, -0.15) is 0 Å². The summed E-state index contributed by atoms with van der Waals surface area (Å²) in [5.74, 6) is 0.0533. The van der Waals surface area contributed by atoms with Crippen molar-refractivity contribution in [1.29, 1.82) is 0 Å².